The van der Waals surface area contributed by atoms with E-state index in [1.165, 1.54) is 27.7 Å². The van der Waals surface area contributed by atoms with Crippen molar-refractivity contribution in [2.75, 3.05) is 0 Å². The van der Waals surface area contributed by atoms with Gasteiger partial charge in [-0.25, -0.2) is 0 Å². The molecule has 1 aromatic heterocycles. The van der Waals surface area contributed by atoms with Crippen LogP contribution in [0.15, 0.2) is 8.42 Å². The second-order valence-electron chi connectivity index (χ2n) is 3.27. The molecule has 0 spiro atoms. The zero-order valence-corrected chi connectivity index (χ0v) is 10.9. The summed E-state index contributed by atoms with van der Waals surface area (Å²) in [6.45, 7) is 0. The lowest BCUT2D eigenvalue weighted by atomic mass is 10.4. The van der Waals surface area contributed by atoms with Gasteiger partial charge in [-0.15, -0.1) is 46.2 Å². The molecular weight excluding hydrogens is 256 g/mol. The van der Waals surface area contributed by atoms with E-state index in [4.69, 9.17) is 12.2 Å². The van der Waals surface area contributed by atoms with Crippen molar-refractivity contribution in [3.05, 3.63) is 3.14 Å². The number of hydrogen-bond donors (Lipinski definition) is 0. The monoisotopic (exact) mass is 264 g/mol. The van der Waals surface area contributed by atoms with Crippen molar-refractivity contribution in [1.82, 2.24) is 0 Å². The molecule has 0 amide bonds. The Hall–Kier alpha value is 0.970. The van der Waals surface area contributed by atoms with E-state index in [1.807, 2.05) is 22.7 Å². The van der Waals surface area contributed by atoms with E-state index in [0.29, 0.717) is 0 Å². The molecule has 70 valence electrons. The van der Waals surface area contributed by atoms with Gasteiger partial charge in [-0.1, -0.05) is 18.6 Å². The van der Waals surface area contributed by atoms with Gasteiger partial charge in [0, 0.05) is 10.5 Å². The van der Waals surface area contributed by atoms with Crippen LogP contribution in [-0.4, -0.2) is 10.5 Å². The van der Waals surface area contributed by atoms with Crippen LogP contribution in [0.3, 0.4) is 0 Å². The summed E-state index contributed by atoms with van der Waals surface area (Å²) < 4.78 is 4.11. The minimum absolute atomic E-state index is 0.887. The van der Waals surface area contributed by atoms with Gasteiger partial charge in [-0.2, -0.15) is 0 Å². The number of thioether (sulfide) groups is 2. The van der Waals surface area contributed by atoms with Crippen molar-refractivity contribution in [3.8, 4) is 0 Å². The lowest BCUT2D eigenvalue weighted by Crippen LogP contribution is -2.14. The normalized spacial score (nSPS) is 31.4. The third kappa shape index (κ3) is 1.63. The summed E-state index contributed by atoms with van der Waals surface area (Å²) in [4.78, 5) is 0. The highest BCUT2D eigenvalue weighted by atomic mass is 32.2. The first-order valence-electron chi connectivity index (χ1n) is 4.30. The van der Waals surface area contributed by atoms with Crippen molar-refractivity contribution in [2.45, 2.75) is 38.2 Å². The molecule has 1 aromatic rings. The van der Waals surface area contributed by atoms with E-state index in [0.717, 1.165) is 13.6 Å². The van der Waals surface area contributed by atoms with Crippen LogP contribution in [0.2, 0.25) is 0 Å². The Morgan fingerprint density at radius 2 is 1.54 bits per heavy atom. The average molecular weight is 264 g/mol. The van der Waals surface area contributed by atoms with E-state index in [-0.39, 0.29) is 0 Å². The van der Waals surface area contributed by atoms with Gasteiger partial charge in [0.1, 0.15) is 3.14 Å². The van der Waals surface area contributed by atoms with Crippen molar-refractivity contribution in [2.24, 2.45) is 0 Å². The van der Waals surface area contributed by atoms with E-state index in [9.17, 15) is 0 Å². The fourth-order valence-electron chi connectivity index (χ4n) is 1.84. The van der Waals surface area contributed by atoms with Gasteiger partial charge in [-0.3, -0.25) is 0 Å². The van der Waals surface area contributed by atoms with Crippen molar-refractivity contribution in [3.63, 3.8) is 0 Å². The third-order valence-corrected chi connectivity index (χ3v) is 8.88. The van der Waals surface area contributed by atoms with Crippen LogP contribution in [-0.2, 0) is 0 Å². The molecule has 5 heteroatoms. The molecule has 0 aromatic carbocycles. The fourth-order valence-corrected chi connectivity index (χ4v) is 9.03. The Kier molecular flexibility index (Phi) is 2.50. The highest BCUT2D eigenvalue weighted by Crippen LogP contribution is 2.55. The largest absolute Gasteiger partial charge is 0.145 e. The third-order valence-electron chi connectivity index (χ3n) is 2.43. The maximum Gasteiger partial charge on any atom is 0.145 e. The van der Waals surface area contributed by atoms with Crippen molar-refractivity contribution in [1.29, 1.82) is 0 Å². The number of hydrogen-bond acceptors (Lipinski definition) is 5. The smallest absolute Gasteiger partial charge is 0.109 e. The standard InChI is InChI=1S/C8H8S5/c9-8-12-6-7(13-8)11-5-3-1-2-4(5)10-6/h4-5H,1-3H2. The van der Waals surface area contributed by atoms with Crippen molar-refractivity contribution < 1.29 is 0 Å². The first-order chi connectivity index (χ1) is 6.33. The predicted molar refractivity (Wildman–Crippen MR) is 66.2 cm³/mol. The first kappa shape index (κ1) is 9.21. The molecule has 3 rings (SSSR count). The van der Waals surface area contributed by atoms with Gasteiger partial charge in [-0.05, 0) is 12.8 Å². The van der Waals surface area contributed by atoms with Crippen LogP contribution in [0.1, 0.15) is 19.3 Å². The molecule has 0 bridgehead atoms. The van der Waals surface area contributed by atoms with E-state index >= 15 is 0 Å². The predicted octanol–water partition coefficient (Wildman–Crippen LogP) is 4.66. The van der Waals surface area contributed by atoms with Gasteiger partial charge in [0.05, 0.1) is 8.42 Å². The molecule has 2 aliphatic rings. The summed E-state index contributed by atoms with van der Waals surface area (Å²) in [6.07, 6.45) is 4.25. The fraction of sp³-hybridized carbons (Fsp3) is 0.625. The Balaban J connectivity index is 2.00. The van der Waals surface area contributed by atoms with Crippen molar-refractivity contribution >= 4 is 58.4 Å². The molecule has 0 saturated heterocycles. The van der Waals surface area contributed by atoms with Gasteiger partial charge < -0.3 is 0 Å². The van der Waals surface area contributed by atoms with E-state index in [1.54, 1.807) is 0 Å². The number of fused-ring (bicyclic) bond motifs is 2. The Morgan fingerprint density at radius 1 is 1.00 bits per heavy atom. The maximum absolute atomic E-state index is 5.22. The summed E-state index contributed by atoms with van der Waals surface area (Å²) in [5.41, 5.74) is 0. The molecule has 1 aliphatic carbocycles. The summed E-state index contributed by atoms with van der Waals surface area (Å²) in [7, 11) is 0. The maximum atomic E-state index is 5.22. The topological polar surface area (TPSA) is 0 Å². The molecule has 2 unspecified atom stereocenters. The second kappa shape index (κ2) is 3.52. The summed E-state index contributed by atoms with van der Waals surface area (Å²) >= 11 is 13.0. The van der Waals surface area contributed by atoms with E-state index in [2.05, 4.69) is 23.5 Å². The molecule has 0 radical (unpaired) electrons. The molecule has 1 fully saturated rings. The summed E-state index contributed by atoms with van der Waals surface area (Å²) in [5, 5.41) is 1.77. The lowest BCUT2D eigenvalue weighted by molar-refractivity contribution is 0.891. The second-order valence-corrected chi connectivity index (χ2v) is 9.51. The molecule has 0 N–H and O–H groups in total. The quantitative estimate of drug-likeness (QED) is 0.626. The molecule has 2 atom stereocenters. The van der Waals surface area contributed by atoms with Crippen LogP contribution >= 0.6 is 58.4 Å². The Labute approximate surface area is 99.1 Å². The Morgan fingerprint density at radius 3 is 2.08 bits per heavy atom. The van der Waals surface area contributed by atoms with Crippen LogP contribution in [0, 0.1) is 3.14 Å². The molecule has 1 saturated carbocycles. The van der Waals surface area contributed by atoms with E-state index < -0.39 is 0 Å². The van der Waals surface area contributed by atoms with Crippen LogP contribution in [0.5, 0.6) is 0 Å². The highest BCUT2D eigenvalue weighted by molar-refractivity contribution is 8.09. The molecular formula is C8H8S5. The number of rotatable bonds is 0. The molecule has 2 heterocycles. The first-order valence-corrected chi connectivity index (χ1v) is 8.10. The zero-order chi connectivity index (χ0) is 8.84. The highest BCUT2D eigenvalue weighted by Gasteiger charge is 2.34. The Bertz CT molecular complexity index is 344. The lowest BCUT2D eigenvalue weighted by Gasteiger charge is -2.22. The molecule has 1 aliphatic heterocycles. The molecule has 13 heavy (non-hydrogen) atoms. The summed E-state index contributed by atoms with van der Waals surface area (Å²) in [6, 6.07) is 0. The SMILES string of the molecule is S=c1sc2c(s1)SC1CCCC1S2. The van der Waals surface area contributed by atoms with Crippen LogP contribution in [0.4, 0.5) is 0 Å². The zero-order valence-electron chi connectivity index (χ0n) is 6.82. The minimum atomic E-state index is 0.887. The van der Waals surface area contributed by atoms with Gasteiger partial charge in [0.25, 0.3) is 0 Å². The van der Waals surface area contributed by atoms with Crippen LogP contribution < -0.4 is 0 Å². The molecule has 0 nitrogen and oxygen atoms in total. The van der Waals surface area contributed by atoms with Crippen LogP contribution in [0.25, 0.3) is 0 Å². The minimum Gasteiger partial charge on any atom is -0.109 e. The average Bonchev–Trinajstić information content (AvgIpc) is 2.63. The summed E-state index contributed by atoms with van der Waals surface area (Å²) in [5.74, 6) is 0. The van der Waals surface area contributed by atoms with Gasteiger partial charge in [0.2, 0.25) is 0 Å². The van der Waals surface area contributed by atoms with Gasteiger partial charge in [0.15, 0.2) is 0 Å². The van der Waals surface area contributed by atoms with Gasteiger partial charge >= 0.3 is 0 Å².